The number of aryl methyl sites for hydroxylation is 1. The first-order valence-electron chi connectivity index (χ1n) is 4.10. The van der Waals surface area contributed by atoms with Gasteiger partial charge in [0.05, 0.1) is 0 Å². The van der Waals surface area contributed by atoms with E-state index in [0.717, 1.165) is 36.9 Å². The number of nitrogens with zero attached hydrogens (tertiary/aromatic N) is 1. The van der Waals surface area contributed by atoms with Crippen molar-refractivity contribution >= 4 is 19.7 Å². The maximum Gasteiger partial charge on any atom is 0.280 e. The largest absolute Gasteiger partial charge is 0.281 e. The molecule has 4 nitrogen and oxygen atoms in total. The Labute approximate surface area is 80.7 Å². The summed E-state index contributed by atoms with van der Waals surface area (Å²) in [6.07, 6.45) is 3.71. The van der Waals surface area contributed by atoms with Gasteiger partial charge in [-0.15, -0.1) is 0 Å². The van der Waals surface area contributed by atoms with Crippen LogP contribution in [0.3, 0.4) is 0 Å². The fourth-order valence-corrected chi connectivity index (χ4v) is 2.71. The van der Waals surface area contributed by atoms with Crippen molar-refractivity contribution in [3.8, 4) is 0 Å². The number of H-pyrrole nitrogens is 1. The van der Waals surface area contributed by atoms with Gasteiger partial charge in [-0.2, -0.15) is 5.10 Å². The SMILES string of the molecule is O=S(=O)(Cl)c1n[nH]c2c1CCCC2. The van der Waals surface area contributed by atoms with Gasteiger partial charge < -0.3 is 0 Å². The van der Waals surface area contributed by atoms with Crippen molar-refractivity contribution in [2.75, 3.05) is 0 Å². The van der Waals surface area contributed by atoms with E-state index < -0.39 is 9.05 Å². The molecule has 0 aromatic carbocycles. The minimum absolute atomic E-state index is 0.0175. The molecule has 6 heteroatoms. The summed E-state index contributed by atoms with van der Waals surface area (Å²) in [7, 11) is 1.56. The molecule has 1 aromatic rings. The topological polar surface area (TPSA) is 62.8 Å². The van der Waals surface area contributed by atoms with E-state index in [1.165, 1.54) is 0 Å². The standard InChI is InChI=1S/C7H9ClN2O2S/c8-13(11,12)7-5-3-1-2-4-6(5)9-10-7/h1-4H2,(H,9,10). The number of hydrogen-bond donors (Lipinski definition) is 1. The molecule has 0 fully saturated rings. The molecule has 0 bridgehead atoms. The van der Waals surface area contributed by atoms with E-state index in [4.69, 9.17) is 10.7 Å². The van der Waals surface area contributed by atoms with Gasteiger partial charge in [0.25, 0.3) is 9.05 Å². The third-order valence-electron chi connectivity index (χ3n) is 2.25. The average molecular weight is 221 g/mol. The summed E-state index contributed by atoms with van der Waals surface area (Å²) in [5.74, 6) is 0. The number of fused-ring (bicyclic) bond motifs is 1. The molecule has 0 saturated carbocycles. The lowest BCUT2D eigenvalue weighted by Crippen LogP contribution is -2.03. The lowest BCUT2D eigenvalue weighted by Gasteiger charge is -2.09. The molecular weight excluding hydrogens is 212 g/mol. The van der Waals surface area contributed by atoms with E-state index in [0.29, 0.717) is 0 Å². The molecule has 0 atom stereocenters. The highest BCUT2D eigenvalue weighted by Gasteiger charge is 2.24. The summed E-state index contributed by atoms with van der Waals surface area (Å²) >= 11 is 0. The number of rotatable bonds is 1. The van der Waals surface area contributed by atoms with Crippen LogP contribution >= 0.6 is 10.7 Å². The second-order valence-electron chi connectivity index (χ2n) is 3.13. The summed E-state index contributed by atoms with van der Waals surface area (Å²) in [5, 5.41) is 6.46. The molecule has 0 saturated heterocycles. The number of aromatic amines is 1. The molecule has 2 rings (SSSR count). The zero-order valence-electron chi connectivity index (χ0n) is 6.88. The van der Waals surface area contributed by atoms with E-state index in [9.17, 15) is 8.42 Å². The summed E-state index contributed by atoms with van der Waals surface area (Å²) in [5.41, 5.74) is 1.70. The average Bonchev–Trinajstić information content (AvgIpc) is 2.45. The van der Waals surface area contributed by atoms with E-state index in [-0.39, 0.29) is 5.03 Å². The molecular formula is C7H9ClN2O2S. The Hall–Kier alpha value is -0.550. The molecule has 0 aliphatic heterocycles. The lowest BCUT2D eigenvalue weighted by molar-refractivity contribution is 0.602. The molecule has 1 aliphatic rings. The number of hydrogen-bond acceptors (Lipinski definition) is 3. The van der Waals surface area contributed by atoms with Crippen LogP contribution in [-0.2, 0) is 21.9 Å². The molecule has 0 spiro atoms. The molecule has 1 N–H and O–H groups in total. The summed E-state index contributed by atoms with van der Waals surface area (Å²) < 4.78 is 22.1. The second kappa shape index (κ2) is 2.99. The van der Waals surface area contributed by atoms with Crippen molar-refractivity contribution in [2.45, 2.75) is 30.7 Å². The maximum absolute atomic E-state index is 11.0. The smallest absolute Gasteiger partial charge is 0.280 e. The van der Waals surface area contributed by atoms with Gasteiger partial charge >= 0.3 is 0 Å². The van der Waals surface area contributed by atoms with Gasteiger partial charge in [0.15, 0.2) is 5.03 Å². The van der Waals surface area contributed by atoms with Crippen LogP contribution in [0.1, 0.15) is 24.1 Å². The van der Waals surface area contributed by atoms with Crippen molar-refractivity contribution in [1.82, 2.24) is 10.2 Å². The molecule has 0 radical (unpaired) electrons. The second-order valence-corrected chi connectivity index (χ2v) is 5.61. The fraction of sp³-hybridized carbons (Fsp3) is 0.571. The highest BCUT2D eigenvalue weighted by molar-refractivity contribution is 8.13. The van der Waals surface area contributed by atoms with Gasteiger partial charge in [0.2, 0.25) is 0 Å². The number of nitrogens with one attached hydrogen (secondary N) is 1. The monoisotopic (exact) mass is 220 g/mol. The summed E-state index contributed by atoms with van der Waals surface area (Å²) in [4.78, 5) is 0. The first-order valence-corrected chi connectivity index (χ1v) is 6.41. The molecule has 13 heavy (non-hydrogen) atoms. The van der Waals surface area contributed by atoms with Crippen LogP contribution in [0.15, 0.2) is 5.03 Å². The van der Waals surface area contributed by atoms with E-state index in [1.807, 2.05) is 0 Å². The van der Waals surface area contributed by atoms with Crippen LogP contribution < -0.4 is 0 Å². The third kappa shape index (κ3) is 1.58. The van der Waals surface area contributed by atoms with Gasteiger partial charge in [-0.25, -0.2) is 8.42 Å². The molecule has 0 amide bonds. The van der Waals surface area contributed by atoms with Crippen molar-refractivity contribution in [1.29, 1.82) is 0 Å². The van der Waals surface area contributed by atoms with Crippen LogP contribution in [0.2, 0.25) is 0 Å². The Morgan fingerprint density at radius 3 is 2.69 bits per heavy atom. The predicted molar refractivity (Wildman–Crippen MR) is 48.3 cm³/mol. The predicted octanol–water partition coefficient (Wildman–Crippen LogP) is 1.22. The highest BCUT2D eigenvalue weighted by Crippen LogP contribution is 2.26. The van der Waals surface area contributed by atoms with Crippen LogP contribution in [-0.4, -0.2) is 18.6 Å². The van der Waals surface area contributed by atoms with Crippen LogP contribution in [0.25, 0.3) is 0 Å². The number of halogens is 1. The third-order valence-corrected chi connectivity index (χ3v) is 3.49. The lowest BCUT2D eigenvalue weighted by atomic mass is 9.99. The minimum atomic E-state index is -3.67. The summed E-state index contributed by atoms with van der Waals surface area (Å²) in [6.45, 7) is 0. The Bertz CT molecular complexity index is 424. The van der Waals surface area contributed by atoms with Gasteiger partial charge in [-0.3, -0.25) is 5.10 Å². The van der Waals surface area contributed by atoms with Crippen molar-refractivity contribution in [3.63, 3.8) is 0 Å². The zero-order valence-corrected chi connectivity index (χ0v) is 8.45. The Balaban J connectivity index is 2.55. The maximum atomic E-state index is 11.0. The van der Waals surface area contributed by atoms with E-state index >= 15 is 0 Å². The van der Waals surface area contributed by atoms with E-state index in [1.54, 1.807) is 0 Å². The molecule has 72 valence electrons. The quantitative estimate of drug-likeness (QED) is 0.724. The Kier molecular flexibility index (Phi) is 2.08. The van der Waals surface area contributed by atoms with Crippen molar-refractivity contribution in [2.24, 2.45) is 0 Å². The minimum Gasteiger partial charge on any atom is -0.281 e. The number of aromatic nitrogens is 2. The van der Waals surface area contributed by atoms with Crippen molar-refractivity contribution in [3.05, 3.63) is 11.3 Å². The van der Waals surface area contributed by atoms with Gasteiger partial charge in [-0.05, 0) is 25.7 Å². The highest BCUT2D eigenvalue weighted by atomic mass is 35.7. The van der Waals surface area contributed by atoms with Gasteiger partial charge in [0, 0.05) is 21.9 Å². The molecule has 0 unspecified atom stereocenters. The molecule has 1 heterocycles. The van der Waals surface area contributed by atoms with Crippen molar-refractivity contribution < 1.29 is 8.42 Å². The Morgan fingerprint density at radius 1 is 1.31 bits per heavy atom. The van der Waals surface area contributed by atoms with Crippen LogP contribution in [0, 0.1) is 0 Å². The zero-order chi connectivity index (χ0) is 9.47. The first kappa shape index (κ1) is 9.02. The van der Waals surface area contributed by atoms with Gasteiger partial charge in [-0.1, -0.05) is 0 Å². The molecule has 1 aliphatic carbocycles. The Morgan fingerprint density at radius 2 is 2.00 bits per heavy atom. The fourth-order valence-electron chi connectivity index (χ4n) is 1.65. The molecule has 1 aromatic heterocycles. The van der Waals surface area contributed by atoms with E-state index in [2.05, 4.69) is 10.2 Å². The van der Waals surface area contributed by atoms with Crippen LogP contribution in [0.4, 0.5) is 0 Å². The first-order chi connectivity index (χ1) is 6.09. The van der Waals surface area contributed by atoms with Crippen LogP contribution in [0.5, 0.6) is 0 Å². The normalized spacial score (nSPS) is 17.0. The summed E-state index contributed by atoms with van der Waals surface area (Å²) in [6, 6.07) is 0. The van der Waals surface area contributed by atoms with Gasteiger partial charge in [0.1, 0.15) is 0 Å².